The summed E-state index contributed by atoms with van der Waals surface area (Å²) in [4.78, 5) is 0. The van der Waals surface area contributed by atoms with E-state index in [1.165, 1.54) is 49.0 Å². The standard InChI is InChI=1S/C32H20O/c1-2-10-21(11-3-1)31-24-14-6-8-16-26(24)32(27-17-9-7-15-25(27)31)29-20-33-30-19-23-13-5-4-12-22(23)18-28(29)30/h1-20H. The average Bonchev–Trinajstić information content (AvgIpc) is 3.28. The van der Waals surface area contributed by atoms with Crippen molar-refractivity contribution >= 4 is 43.3 Å². The van der Waals surface area contributed by atoms with E-state index in [1.54, 1.807) is 0 Å². The van der Waals surface area contributed by atoms with Crippen LogP contribution in [0.15, 0.2) is 126 Å². The lowest BCUT2D eigenvalue weighted by molar-refractivity contribution is 0.617. The van der Waals surface area contributed by atoms with Crippen LogP contribution in [-0.4, -0.2) is 0 Å². The van der Waals surface area contributed by atoms with Gasteiger partial charge in [0.2, 0.25) is 0 Å². The predicted octanol–water partition coefficient (Wildman–Crippen LogP) is 9.23. The zero-order valence-electron chi connectivity index (χ0n) is 18.0. The molecule has 0 saturated heterocycles. The van der Waals surface area contributed by atoms with Crippen molar-refractivity contribution in [3.05, 3.63) is 122 Å². The molecule has 6 aromatic carbocycles. The summed E-state index contributed by atoms with van der Waals surface area (Å²) in [6.07, 6.45) is 1.93. The minimum atomic E-state index is 0.920. The molecular weight excluding hydrogens is 400 g/mol. The lowest BCUT2D eigenvalue weighted by Crippen LogP contribution is -1.90. The van der Waals surface area contributed by atoms with Gasteiger partial charge in [0.1, 0.15) is 5.58 Å². The molecular formula is C32H20O. The van der Waals surface area contributed by atoms with Gasteiger partial charge in [0, 0.05) is 16.5 Å². The van der Waals surface area contributed by atoms with Gasteiger partial charge in [-0.1, -0.05) is 103 Å². The van der Waals surface area contributed by atoms with E-state index in [4.69, 9.17) is 4.42 Å². The number of hydrogen-bond donors (Lipinski definition) is 0. The van der Waals surface area contributed by atoms with E-state index in [0.29, 0.717) is 0 Å². The van der Waals surface area contributed by atoms with E-state index in [-0.39, 0.29) is 0 Å². The molecule has 0 saturated carbocycles. The molecule has 1 aromatic heterocycles. The lowest BCUT2D eigenvalue weighted by atomic mass is 9.86. The van der Waals surface area contributed by atoms with Crippen LogP contribution in [0.3, 0.4) is 0 Å². The molecule has 7 aromatic rings. The van der Waals surface area contributed by atoms with Gasteiger partial charge in [0.05, 0.1) is 6.26 Å². The summed E-state index contributed by atoms with van der Waals surface area (Å²) in [5, 5.41) is 8.57. The molecule has 0 aliphatic carbocycles. The summed E-state index contributed by atoms with van der Waals surface area (Å²) in [6.45, 7) is 0. The third kappa shape index (κ3) is 2.73. The van der Waals surface area contributed by atoms with Gasteiger partial charge >= 0.3 is 0 Å². The molecule has 0 N–H and O–H groups in total. The maximum atomic E-state index is 6.12. The van der Waals surface area contributed by atoms with Crippen LogP contribution >= 0.6 is 0 Å². The van der Waals surface area contributed by atoms with Crippen LogP contribution in [0.4, 0.5) is 0 Å². The van der Waals surface area contributed by atoms with Crippen LogP contribution in [0.5, 0.6) is 0 Å². The fraction of sp³-hybridized carbons (Fsp3) is 0. The summed E-state index contributed by atoms with van der Waals surface area (Å²) in [5.41, 5.74) is 5.81. The Morgan fingerprint density at radius 3 is 1.58 bits per heavy atom. The largest absolute Gasteiger partial charge is 0.464 e. The van der Waals surface area contributed by atoms with E-state index >= 15 is 0 Å². The van der Waals surface area contributed by atoms with Crippen LogP contribution in [0.1, 0.15) is 0 Å². The van der Waals surface area contributed by atoms with E-state index < -0.39 is 0 Å². The normalized spacial score (nSPS) is 11.6. The molecule has 0 amide bonds. The fourth-order valence-corrected chi connectivity index (χ4v) is 5.24. The first kappa shape index (κ1) is 18.2. The predicted molar refractivity (Wildman–Crippen MR) is 140 cm³/mol. The molecule has 0 aliphatic rings. The van der Waals surface area contributed by atoms with Crippen LogP contribution < -0.4 is 0 Å². The molecule has 0 atom stereocenters. The summed E-state index contributed by atoms with van der Waals surface area (Å²) in [7, 11) is 0. The fourth-order valence-electron chi connectivity index (χ4n) is 5.24. The maximum absolute atomic E-state index is 6.12. The second-order valence-corrected chi connectivity index (χ2v) is 8.55. The first-order chi connectivity index (χ1) is 16.4. The topological polar surface area (TPSA) is 13.1 Å². The third-order valence-electron chi connectivity index (χ3n) is 6.71. The molecule has 0 unspecified atom stereocenters. The van der Waals surface area contributed by atoms with Crippen molar-refractivity contribution in [1.82, 2.24) is 0 Å². The highest BCUT2D eigenvalue weighted by Gasteiger charge is 2.19. The SMILES string of the molecule is c1ccc(-c2c3ccccc3c(-c3coc4cc5ccccc5cc34)c3ccccc23)cc1. The average molecular weight is 421 g/mol. The van der Waals surface area contributed by atoms with Gasteiger partial charge in [-0.3, -0.25) is 0 Å². The Kier molecular flexibility index (Phi) is 3.91. The Hall–Kier alpha value is -4.36. The van der Waals surface area contributed by atoms with Crippen molar-refractivity contribution in [2.24, 2.45) is 0 Å². The lowest BCUT2D eigenvalue weighted by Gasteiger charge is -2.17. The second-order valence-electron chi connectivity index (χ2n) is 8.55. The second kappa shape index (κ2) is 7.08. The van der Waals surface area contributed by atoms with E-state index in [1.807, 2.05) is 6.26 Å². The van der Waals surface area contributed by atoms with Crippen molar-refractivity contribution in [2.45, 2.75) is 0 Å². The van der Waals surface area contributed by atoms with E-state index in [0.717, 1.165) is 16.5 Å². The summed E-state index contributed by atoms with van der Waals surface area (Å²) in [6, 6.07) is 41.1. The molecule has 0 aliphatic heterocycles. The Bertz CT molecular complexity index is 1750. The number of benzene rings is 6. The Balaban J connectivity index is 1.66. The molecule has 1 nitrogen and oxygen atoms in total. The Labute approximate surface area is 191 Å². The summed E-state index contributed by atoms with van der Waals surface area (Å²) >= 11 is 0. The summed E-state index contributed by atoms with van der Waals surface area (Å²) < 4.78 is 6.12. The first-order valence-electron chi connectivity index (χ1n) is 11.3. The molecule has 0 radical (unpaired) electrons. The highest BCUT2D eigenvalue weighted by atomic mass is 16.3. The minimum Gasteiger partial charge on any atom is -0.464 e. The van der Waals surface area contributed by atoms with Crippen molar-refractivity contribution in [2.75, 3.05) is 0 Å². The van der Waals surface area contributed by atoms with Crippen molar-refractivity contribution < 1.29 is 4.42 Å². The number of fused-ring (bicyclic) bond motifs is 4. The Morgan fingerprint density at radius 1 is 0.424 bits per heavy atom. The zero-order chi connectivity index (χ0) is 21.8. The molecule has 1 heterocycles. The minimum absolute atomic E-state index is 0.920. The maximum Gasteiger partial charge on any atom is 0.135 e. The summed E-state index contributed by atoms with van der Waals surface area (Å²) in [5.74, 6) is 0. The van der Waals surface area contributed by atoms with Gasteiger partial charge in [-0.15, -0.1) is 0 Å². The molecule has 0 spiro atoms. The van der Waals surface area contributed by atoms with Gasteiger partial charge in [-0.05, 0) is 55.6 Å². The first-order valence-corrected chi connectivity index (χ1v) is 11.3. The van der Waals surface area contributed by atoms with Crippen molar-refractivity contribution in [3.8, 4) is 22.3 Å². The van der Waals surface area contributed by atoms with Gasteiger partial charge in [0.15, 0.2) is 0 Å². The zero-order valence-corrected chi connectivity index (χ0v) is 18.0. The van der Waals surface area contributed by atoms with Crippen LogP contribution in [-0.2, 0) is 0 Å². The highest BCUT2D eigenvalue weighted by Crippen LogP contribution is 2.45. The molecule has 0 fully saturated rings. The monoisotopic (exact) mass is 420 g/mol. The molecule has 154 valence electrons. The van der Waals surface area contributed by atoms with E-state index in [2.05, 4.69) is 115 Å². The van der Waals surface area contributed by atoms with Gasteiger partial charge in [-0.25, -0.2) is 0 Å². The van der Waals surface area contributed by atoms with Crippen LogP contribution in [0, 0.1) is 0 Å². The van der Waals surface area contributed by atoms with Gasteiger partial charge in [0.25, 0.3) is 0 Å². The molecule has 7 rings (SSSR count). The highest BCUT2D eigenvalue weighted by molar-refractivity contribution is 6.23. The number of hydrogen-bond acceptors (Lipinski definition) is 1. The number of rotatable bonds is 2. The Morgan fingerprint density at radius 2 is 0.939 bits per heavy atom. The van der Waals surface area contributed by atoms with E-state index in [9.17, 15) is 0 Å². The molecule has 1 heteroatoms. The molecule has 0 bridgehead atoms. The molecule has 33 heavy (non-hydrogen) atoms. The quantitative estimate of drug-likeness (QED) is 0.254. The van der Waals surface area contributed by atoms with Crippen molar-refractivity contribution in [1.29, 1.82) is 0 Å². The third-order valence-corrected chi connectivity index (χ3v) is 6.71. The van der Waals surface area contributed by atoms with Crippen molar-refractivity contribution in [3.63, 3.8) is 0 Å². The smallest absolute Gasteiger partial charge is 0.135 e. The van der Waals surface area contributed by atoms with Crippen LogP contribution in [0.25, 0.3) is 65.5 Å². The van der Waals surface area contributed by atoms with Gasteiger partial charge in [-0.2, -0.15) is 0 Å². The van der Waals surface area contributed by atoms with Crippen LogP contribution in [0.2, 0.25) is 0 Å². The number of furan rings is 1. The van der Waals surface area contributed by atoms with Gasteiger partial charge < -0.3 is 4.42 Å².